The van der Waals surface area contributed by atoms with Crippen molar-refractivity contribution >= 4 is 21.8 Å². The SMILES string of the molecule is CNC(=O)CCCC1CCN(C(=O)[C@H](Cc2cccc(CN)c2)NS(=O)(=O)c2cccc(-c3ccc(OC)cc3)c2)CC1. The molecule has 0 unspecified atom stereocenters. The van der Waals surface area contributed by atoms with E-state index in [4.69, 9.17) is 10.5 Å². The highest BCUT2D eigenvalue weighted by Crippen LogP contribution is 2.26. The van der Waals surface area contributed by atoms with Crippen LogP contribution in [0.3, 0.4) is 0 Å². The van der Waals surface area contributed by atoms with E-state index in [1.807, 2.05) is 54.6 Å². The minimum atomic E-state index is -4.04. The monoisotopic (exact) mass is 606 g/mol. The van der Waals surface area contributed by atoms with Crippen LogP contribution < -0.4 is 20.5 Å². The first kappa shape index (κ1) is 32.2. The van der Waals surface area contributed by atoms with Crippen molar-refractivity contribution in [2.75, 3.05) is 27.2 Å². The molecule has 0 spiro atoms. The summed E-state index contributed by atoms with van der Waals surface area (Å²) in [6.07, 6.45) is 4.10. The van der Waals surface area contributed by atoms with E-state index in [1.165, 1.54) is 6.07 Å². The fourth-order valence-corrected chi connectivity index (χ4v) is 6.75. The van der Waals surface area contributed by atoms with Gasteiger partial charge in [0.1, 0.15) is 11.8 Å². The first-order valence-electron chi connectivity index (χ1n) is 14.8. The van der Waals surface area contributed by atoms with E-state index in [9.17, 15) is 18.0 Å². The van der Waals surface area contributed by atoms with Crippen molar-refractivity contribution in [3.8, 4) is 16.9 Å². The first-order valence-corrected chi connectivity index (χ1v) is 16.2. The molecule has 1 heterocycles. The Kier molecular flexibility index (Phi) is 11.3. The lowest BCUT2D eigenvalue weighted by atomic mass is 9.91. The third kappa shape index (κ3) is 8.89. The van der Waals surface area contributed by atoms with Gasteiger partial charge in [-0.15, -0.1) is 0 Å². The second-order valence-electron chi connectivity index (χ2n) is 11.0. The van der Waals surface area contributed by atoms with Crippen molar-refractivity contribution in [3.05, 3.63) is 83.9 Å². The van der Waals surface area contributed by atoms with Crippen molar-refractivity contribution in [1.29, 1.82) is 0 Å². The molecule has 1 saturated heterocycles. The molecule has 10 heteroatoms. The molecule has 3 aromatic carbocycles. The Morgan fingerprint density at radius 2 is 1.67 bits per heavy atom. The molecule has 43 heavy (non-hydrogen) atoms. The van der Waals surface area contributed by atoms with Gasteiger partial charge in [-0.1, -0.05) is 48.5 Å². The van der Waals surface area contributed by atoms with Crippen LogP contribution in [-0.4, -0.2) is 58.4 Å². The van der Waals surface area contributed by atoms with E-state index < -0.39 is 16.1 Å². The molecule has 1 fully saturated rings. The van der Waals surface area contributed by atoms with Crippen LogP contribution >= 0.6 is 0 Å². The Morgan fingerprint density at radius 1 is 0.977 bits per heavy atom. The molecule has 1 aliphatic heterocycles. The van der Waals surface area contributed by atoms with E-state index in [0.29, 0.717) is 37.7 Å². The number of sulfonamides is 1. The summed E-state index contributed by atoms with van der Waals surface area (Å²) in [5, 5.41) is 2.65. The molecule has 4 N–H and O–H groups in total. The molecule has 230 valence electrons. The number of methoxy groups -OCH3 is 1. The normalized spacial score (nSPS) is 14.7. The minimum absolute atomic E-state index is 0.0379. The maximum Gasteiger partial charge on any atom is 0.241 e. The van der Waals surface area contributed by atoms with Crippen LogP contribution in [0, 0.1) is 5.92 Å². The summed E-state index contributed by atoms with van der Waals surface area (Å²) in [5.74, 6) is 0.945. The van der Waals surface area contributed by atoms with Crippen molar-refractivity contribution in [2.24, 2.45) is 11.7 Å². The highest BCUT2D eigenvalue weighted by Gasteiger charge is 2.32. The summed E-state index contributed by atoms with van der Waals surface area (Å²) in [7, 11) is -0.808. The molecular weight excluding hydrogens is 564 g/mol. The molecule has 0 aliphatic carbocycles. The number of rotatable bonds is 13. The van der Waals surface area contributed by atoms with Crippen molar-refractivity contribution in [3.63, 3.8) is 0 Å². The predicted molar refractivity (Wildman–Crippen MR) is 168 cm³/mol. The van der Waals surface area contributed by atoms with Crippen LogP contribution in [-0.2, 0) is 32.6 Å². The zero-order valence-electron chi connectivity index (χ0n) is 24.9. The second-order valence-corrected chi connectivity index (χ2v) is 12.7. The lowest BCUT2D eigenvalue weighted by molar-refractivity contribution is -0.134. The Morgan fingerprint density at radius 3 is 2.35 bits per heavy atom. The van der Waals surface area contributed by atoms with Gasteiger partial charge >= 0.3 is 0 Å². The molecule has 0 aromatic heterocycles. The van der Waals surface area contributed by atoms with Gasteiger partial charge in [0.05, 0.1) is 12.0 Å². The maximum absolute atomic E-state index is 13.9. The van der Waals surface area contributed by atoms with Crippen molar-refractivity contribution in [2.45, 2.75) is 56.0 Å². The number of hydrogen-bond acceptors (Lipinski definition) is 6. The average Bonchev–Trinajstić information content (AvgIpc) is 3.04. The number of benzene rings is 3. The number of hydrogen-bond donors (Lipinski definition) is 3. The number of piperidine rings is 1. The van der Waals surface area contributed by atoms with Gasteiger partial charge in [-0.25, -0.2) is 8.42 Å². The molecule has 0 radical (unpaired) electrons. The molecule has 9 nitrogen and oxygen atoms in total. The molecule has 3 aromatic rings. The van der Waals surface area contributed by atoms with Gasteiger partial charge in [0.25, 0.3) is 0 Å². The summed E-state index contributed by atoms with van der Waals surface area (Å²) in [6, 6.07) is 20.7. The molecule has 0 bridgehead atoms. The van der Waals surface area contributed by atoms with E-state index in [-0.39, 0.29) is 23.1 Å². The second kappa shape index (κ2) is 15.1. The van der Waals surface area contributed by atoms with Crippen LogP contribution in [0.1, 0.15) is 43.2 Å². The van der Waals surface area contributed by atoms with Crippen LogP contribution in [0.4, 0.5) is 0 Å². The predicted octanol–water partition coefficient (Wildman–Crippen LogP) is 3.87. The minimum Gasteiger partial charge on any atom is -0.497 e. The molecule has 4 rings (SSSR count). The Hall–Kier alpha value is -3.73. The smallest absolute Gasteiger partial charge is 0.241 e. The summed E-state index contributed by atoms with van der Waals surface area (Å²) in [6.45, 7) is 1.46. The maximum atomic E-state index is 13.9. The molecule has 2 amide bonds. The Bertz CT molecular complexity index is 1490. The fourth-order valence-electron chi connectivity index (χ4n) is 5.52. The lowest BCUT2D eigenvalue weighted by Crippen LogP contribution is -2.51. The number of nitrogens with zero attached hydrogens (tertiary/aromatic N) is 1. The number of carbonyl (C=O) groups is 2. The van der Waals surface area contributed by atoms with E-state index in [2.05, 4.69) is 10.0 Å². The first-order chi connectivity index (χ1) is 20.7. The van der Waals surface area contributed by atoms with Gasteiger partial charge in [0.15, 0.2) is 0 Å². The number of nitrogens with one attached hydrogen (secondary N) is 2. The zero-order valence-corrected chi connectivity index (χ0v) is 25.7. The van der Waals surface area contributed by atoms with Crippen molar-refractivity contribution < 1.29 is 22.7 Å². The van der Waals surface area contributed by atoms with Crippen LogP contribution in [0.15, 0.2) is 77.7 Å². The summed E-state index contributed by atoms with van der Waals surface area (Å²) in [5.41, 5.74) is 9.17. The third-order valence-electron chi connectivity index (χ3n) is 8.05. The van der Waals surface area contributed by atoms with Gasteiger partial charge in [-0.05, 0) is 84.5 Å². The standard InChI is InChI=1S/C33H42N4O5S/c1-35-32(38)11-4-6-24-16-18-37(19-17-24)33(39)31(21-25-7-3-8-26(20-25)23-34)36-43(40,41)30-10-5-9-28(22-30)27-12-14-29(42-2)15-13-27/h3,5,7-10,12-15,20,22,24,31,36H,4,6,11,16-19,21,23,34H2,1-2H3,(H,35,38)/t31-/m0/s1. The van der Waals surface area contributed by atoms with Crippen molar-refractivity contribution in [1.82, 2.24) is 14.9 Å². The van der Waals surface area contributed by atoms with E-state index in [1.54, 1.807) is 31.2 Å². The molecular formula is C33H42N4O5S. The van der Waals surface area contributed by atoms with Crippen LogP contribution in [0.25, 0.3) is 11.1 Å². The quantitative estimate of drug-likeness (QED) is 0.271. The van der Waals surface area contributed by atoms with Gasteiger partial charge in [-0.3, -0.25) is 9.59 Å². The highest BCUT2D eigenvalue weighted by atomic mass is 32.2. The third-order valence-corrected chi connectivity index (χ3v) is 9.52. The summed E-state index contributed by atoms with van der Waals surface area (Å²) in [4.78, 5) is 27.3. The number of nitrogens with two attached hydrogens (primary N) is 1. The summed E-state index contributed by atoms with van der Waals surface area (Å²) >= 11 is 0. The number of likely N-dealkylation sites (tertiary alicyclic amines) is 1. The summed E-state index contributed by atoms with van der Waals surface area (Å²) < 4.78 is 35.4. The van der Waals surface area contributed by atoms with Gasteiger partial charge in [-0.2, -0.15) is 4.72 Å². The van der Waals surface area contributed by atoms with E-state index >= 15 is 0 Å². The fraction of sp³-hybridized carbons (Fsp3) is 0.394. The van der Waals surface area contributed by atoms with Gasteiger partial charge in [0, 0.05) is 33.1 Å². The topological polar surface area (TPSA) is 131 Å². The van der Waals surface area contributed by atoms with E-state index in [0.717, 1.165) is 47.9 Å². The lowest BCUT2D eigenvalue weighted by Gasteiger charge is -2.34. The van der Waals surface area contributed by atoms with Gasteiger partial charge in [0.2, 0.25) is 21.8 Å². The number of ether oxygens (including phenoxy) is 1. The molecule has 1 atom stereocenters. The number of amides is 2. The zero-order chi connectivity index (χ0) is 30.8. The number of carbonyl (C=O) groups excluding carboxylic acids is 2. The largest absolute Gasteiger partial charge is 0.497 e. The average molecular weight is 607 g/mol. The highest BCUT2D eigenvalue weighted by molar-refractivity contribution is 7.89. The Labute approximate surface area is 254 Å². The molecule has 0 saturated carbocycles. The van der Waals surface area contributed by atoms with Crippen LogP contribution in [0.2, 0.25) is 0 Å². The van der Waals surface area contributed by atoms with Crippen LogP contribution in [0.5, 0.6) is 5.75 Å². The van der Waals surface area contributed by atoms with Gasteiger partial charge < -0.3 is 20.7 Å². The molecule has 1 aliphatic rings. The Balaban J connectivity index is 1.51.